The van der Waals surface area contributed by atoms with Crippen molar-refractivity contribution in [3.05, 3.63) is 86.4 Å². The van der Waals surface area contributed by atoms with E-state index in [1.807, 2.05) is 54.6 Å². The van der Waals surface area contributed by atoms with E-state index in [2.05, 4.69) is 15.9 Å². The lowest BCUT2D eigenvalue weighted by Crippen LogP contribution is -2.27. The highest BCUT2D eigenvalue weighted by Gasteiger charge is 2.35. The Balaban J connectivity index is 1.46. The van der Waals surface area contributed by atoms with Crippen molar-refractivity contribution in [2.75, 3.05) is 0 Å². The number of halogens is 2. The van der Waals surface area contributed by atoms with Gasteiger partial charge < -0.3 is 4.42 Å². The molecule has 0 N–H and O–H groups in total. The molecule has 1 fully saturated rings. The molecule has 0 saturated carbocycles. The number of carbonyl (C=O) groups excluding carboxylic acids is 2. The van der Waals surface area contributed by atoms with E-state index in [0.29, 0.717) is 20.8 Å². The lowest BCUT2D eigenvalue weighted by molar-refractivity contribution is -0.123. The van der Waals surface area contributed by atoms with Crippen LogP contribution < -0.4 is 0 Å². The van der Waals surface area contributed by atoms with E-state index in [-0.39, 0.29) is 17.7 Å². The molecule has 2 heterocycles. The topological polar surface area (TPSA) is 50.5 Å². The van der Waals surface area contributed by atoms with Crippen LogP contribution >= 0.6 is 51.1 Å². The molecule has 0 unspecified atom stereocenters. The van der Waals surface area contributed by atoms with Gasteiger partial charge in [0.25, 0.3) is 11.1 Å². The van der Waals surface area contributed by atoms with Gasteiger partial charge in [0.05, 0.1) is 11.4 Å². The Kier molecular flexibility index (Phi) is 6.20. The minimum absolute atomic E-state index is 0.241. The highest BCUT2D eigenvalue weighted by molar-refractivity contribution is 9.10. The molecule has 0 atom stereocenters. The van der Waals surface area contributed by atoms with Crippen molar-refractivity contribution in [3.8, 4) is 0 Å². The number of hydrogen-bond acceptors (Lipinski definition) is 5. The number of nitrogens with zero attached hydrogens (tertiary/aromatic N) is 1. The standard InChI is InChI=1S/C21H13BrClNO3S2/c22-14-3-1-13(2-4-14)12-24-20(25)18(29-21(24)26)11-16-7-10-19(27-16)28-17-8-5-15(23)6-9-17/h1-11H,12H2/b18-11-. The zero-order valence-electron chi connectivity index (χ0n) is 14.8. The Bertz CT molecular complexity index is 1090. The molecule has 146 valence electrons. The smallest absolute Gasteiger partial charge is 0.293 e. The quantitative estimate of drug-likeness (QED) is 0.346. The normalized spacial score (nSPS) is 15.5. The highest BCUT2D eigenvalue weighted by atomic mass is 79.9. The van der Waals surface area contributed by atoms with Crippen molar-refractivity contribution < 1.29 is 14.0 Å². The second-order valence-corrected chi connectivity index (χ2v) is 9.53. The van der Waals surface area contributed by atoms with Gasteiger partial charge >= 0.3 is 0 Å². The maximum absolute atomic E-state index is 12.7. The van der Waals surface area contributed by atoms with E-state index in [1.54, 1.807) is 12.1 Å². The number of amides is 2. The summed E-state index contributed by atoms with van der Waals surface area (Å²) in [5, 5.41) is 1.08. The average molecular weight is 507 g/mol. The van der Waals surface area contributed by atoms with Crippen LogP contribution in [0.5, 0.6) is 0 Å². The second-order valence-electron chi connectivity index (χ2n) is 6.11. The van der Waals surface area contributed by atoms with Crippen molar-refractivity contribution >= 4 is 68.3 Å². The summed E-state index contributed by atoms with van der Waals surface area (Å²) in [4.78, 5) is 27.6. The second kappa shape index (κ2) is 8.83. The largest absolute Gasteiger partial charge is 0.450 e. The Morgan fingerprint density at radius 2 is 1.76 bits per heavy atom. The fourth-order valence-corrected chi connectivity index (χ4v) is 4.61. The van der Waals surface area contributed by atoms with Gasteiger partial charge in [0, 0.05) is 20.5 Å². The van der Waals surface area contributed by atoms with Gasteiger partial charge in [0.1, 0.15) is 5.76 Å². The Morgan fingerprint density at radius 1 is 1.03 bits per heavy atom. The number of furan rings is 1. The summed E-state index contributed by atoms with van der Waals surface area (Å²) in [5.74, 6) is 0.210. The summed E-state index contributed by atoms with van der Waals surface area (Å²) in [5.41, 5.74) is 0.886. The van der Waals surface area contributed by atoms with Gasteiger partial charge in [0.2, 0.25) is 0 Å². The van der Waals surface area contributed by atoms with E-state index in [4.69, 9.17) is 16.0 Å². The van der Waals surface area contributed by atoms with E-state index < -0.39 is 0 Å². The van der Waals surface area contributed by atoms with Gasteiger partial charge in [-0.15, -0.1) is 0 Å². The van der Waals surface area contributed by atoms with Crippen molar-refractivity contribution in [1.29, 1.82) is 0 Å². The van der Waals surface area contributed by atoms with Crippen molar-refractivity contribution in [2.45, 2.75) is 16.5 Å². The fourth-order valence-electron chi connectivity index (χ4n) is 2.62. The first-order valence-corrected chi connectivity index (χ1v) is 11.3. The molecule has 1 aromatic heterocycles. The molecule has 4 rings (SSSR count). The molecule has 4 nitrogen and oxygen atoms in total. The van der Waals surface area contributed by atoms with Crippen LogP contribution in [0.15, 0.2) is 84.4 Å². The van der Waals surface area contributed by atoms with Crippen LogP contribution in [-0.4, -0.2) is 16.0 Å². The lowest BCUT2D eigenvalue weighted by atomic mass is 10.2. The minimum Gasteiger partial charge on any atom is -0.450 e. The van der Waals surface area contributed by atoms with Gasteiger partial charge in [0.15, 0.2) is 5.09 Å². The van der Waals surface area contributed by atoms with Crippen molar-refractivity contribution in [2.24, 2.45) is 0 Å². The number of thioether (sulfide) groups is 1. The van der Waals surface area contributed by atoms with Crippen LogP contribution in [0.4, 0.5) is 4.79 Å². The first kappa shape index (κ1) is 20.3. The predicted octanol–water partition coefficient (Wildman–Crippen LogP) is 7.08. The van der Waals surface area contributed by atoms with Crippen LogP contribution in [0, 0.1) is 0 Å². The van der Waals surface area contributed by atoms with Crippen LogP contribution in [0.25, 0.3) is 6.08 Å². The highest BCUT2D eigenvalue weighted by Crippen LogP contribution is 2.35. The number of hydrogen-bond donors (Lipinski definition) is 0. The maximum Gasteiger partial charge on any atom is 0.293 e. The third-order valence-electron chi connectivity index (χ3n) is 4.04. The van der Waals surface area contributed by atoms with Crippen LogP contribution in [0.3, 0.4) is 0 Å². The first-order chi connectivity index (χ1) is 14.0. The molecule has 8 heteroatoms. The monoisotopic (exact) mass is 505 g/mol. The van der Waals surface area contributed by atoms with E-state index in [0.717, 1.165) is 26.7 Å². The summed E-state index contributed by atoms with van der Waals surface area (Å²) < 4.78 is 6.73. The number of benzene rings is 2. The average Bonchev–Trinajstić information content (AvgIpc) is 3.25. The molecule has 2 aromatic carbocycles. The van der Waals surface area contributed by atoms with Gasteiger partial charge in [-0.25, -0.2) is 0 Å². The van der Waals surface area contributed by atoms with Crippen LogP contribution in [0.1, 0.15) is 11.3 Å². The fraction of sp³-hybridized carbons (Fsp3) is 0.0476. The predicted molar refractivity (Wildman–Crippen MR) is 120 cm³/mol. The van der Waals surface area contributed by atoms with E-state index in [9.17, 15) is 9.59 Å². The molecule has 0 spiro atoms. The first-order valence-electron chi connectivity index (χ1n) is 8.51. The lowest BCUT2D eigenvalue weighted by Gasteiger charge is -2.12. The summed E-state index contributed by atoms with van der Waals surface area (Å²) >= 11 is 11.7. The van der Waals surface area contributed by atoms with Crippen LogP contribution in [-0.2, 0) is 11.3 Å². The Labute approximate surface area is 189 Å². The van der Waals surface area contributed by atoms with Crippen LogP contribution in [0.2, 0.25) is 5.02 Å². The molecule has 3 aromatic rings. The third kappa shape index (κ3) is 4.98. The summed E-state index contributed by atoms with van der Waals surface area (Å²) in [6.07, 6.45) is 1.61. The molecule has 29 heavy (non-hydrogen) atoms. The minimum atomic E-state index is -0.314. The molecule has 1 aliphatic heterocycles. The molecule has 0 bridgehead atoms. The molecule has 0 aliphatic carbocycles. The molecule has 1 aliphatic rings. The summed E-state index contributed by atoms with van der Waals surface area (Å²) in [6.45, 7) is 0.241. The molecule has 1 saturated heterocycles. The van der Waals surface area contributed by atoms with Crippen molar-refractivity contribution in [3.63, 3.8) is 0 Å². The van der Waals surface area contributed by atoms with E-state index >= 15 is 0 Å². The zero-order valence-corrected chi connectivity index (χ0v) is 18.8. The molecular formula is C21H13BrClNO3S2. The number of carbonyl (C=O) groups is 2. The Morgan fingerprint density at radius 3 is 2.48 bits per heavy atom. The van der Waals surface area contributed by atoms with Gasteiger partial charge in [-0.05, 0) is 65.9 Å². The molecular weight excluding hydrogens is 494 g/mol. The molecule has 0 radical (unpaired) electrons. The van der Waals surface area contributed by atoms with Crippen molar-refractivity contribution in [1.82, 2.24) is 4.90 Å². The number of imide groups is 1. The third-order valence-corrected chi connectivity index (χ3v) is 6.65. The van der Waals surface area contributed by atoms with Gasteiger partial charge in [-0.2, -0.15) is 0 Å². The van der Waals surface area contributed by atoms with Gasteiger partial charge in [-0.1, -0.05) is 51.4 Å². The van der Waals surface area contributed by atoms with Gasteiger partial charge in [-0.3, -0.25) is 14.5 Å². The Hall–Kier alpha value is -1.93. The number of rotatable bonds is 5. The zero-order chi connectivity index (χ0) is 20.4. The van der Waals surface area contributed by atoms with E-state index in [1.165, 1.54) is 16.7 Å². The summed E-state index contributed by atoms with van der Waals surface area (Å²) in [6, 6.07) is 18.6. The summed E-state index contributed by atoms with van der Waals surface area (Å²) in [7, 11) is 0. The molecule has 2 amide bonds. The SMILES string of the molecule is O=C1S/C(=C\c2ccc(Sc3ccc(Cl)cc3)o2)C(=O)N1Cc1ccc(Br)cc1. The maximum atomic E-state index is 12.7.